The summed E-state index contributed by atoms with van der Waals surface area (Å²) < 4.78 is 36.2. The maximum atomic E-state index is 13.8. The molecule has 2 N–H and O–H groups in total. The van der Waals surface area contributed by atoms with E-state index in [0.717, 1.165) is 12.7 Å². The summed E-state index contributed by atoms with van der Waals surface area (Å²) in [5.74, 6) is -1.16. The monoisotopic (exact) mass is 316 g/mol. The highest BCUT2D eigenvalue weighted by Crippen LogP contribution is 2.20. The van der Waals surface area contributed by atoms with Crippen LogP contribution in [0.3, 0.4) is 0 Å². The number of nitrogens with one attached hydrogen (secondary N) is 2. The molecule has 1 aromatic carbocycles. The van der Waals surface area contributed by atoms with Gasteiger partial charge in [0.25, 0.3) is 5.91 Å². The molecule has 0 bridgehead atoms. The van der Waals surface area contributed by atoms with Crippen LogP contribution in [0.25, 0.3) is 0 Å². The van der Waals surface area contributed by atoms with Crippen LogP contribution in [0.1, 0.15) is 30.6 Å². The Bertz CT molecular complexity index is 602. The first-order chi connectivity index (χ1) is 9.74. The van der Waals surface area contributed by atoms with E-state index in [1.54, 1.807) is 6.92 Å². The van der Waals surface area contributed by atoms with Crippen LogP contribution in [-0.4, -0.2) is 38.9 Å². The molecule has 0 spiro atoms. The second-order valence-corrected chi connectivity index (χ2v) is 7.24. The van der Waals surface area contributed by atoms with Gasteiger partial charge in [0.15, 0.2) is 0 Å². The molecule has 0 fully saturated rings. The molecule has 0 radical (unpaired) electrons. The van der Waals surface area contributed by atoms with E-state index in [0.29, 0.717) is 6.54 Å². The Balaban J connectivity index is 2.89. The van der Waals surface area contributed by atoms with Gasteiger partial charge in [-0.3, -0.25) is 4.79 Å². The third-order valence-electron chi connectivity index (χ3n) is 2.74. The van der Waals surface area contributed by atoms with Crippen LogP contribution in [0, 0.1) is 5.82 Å². The van der Waals surface area contributed by atoms with Crippen LogP contribution in [0.15, 0.2) is 18.2 Å². The average Bonchev–Trinajstić information content (AvgIpc) is 2.34. The summed E-state index contributed by atoms with van der Waals surface area (Å²) in [7, 11) is -3.19. The Morgan fingerprint density at radius 3 is 2.62 bits per heavy atom. The van der Waals surface area contributed by atoms with E-state index in [1.807, 2.05) is 6.92 Å². The summed E-state index contributed by atoms with van der Waals surface area (Å²) >= 11 is 0. The van der Waals surface area contributed by atoms with Gasteiger partial charge in [-0.05, 0) is 25.5 Å². The molecule has 0 heterocycles. The molecule has 1 unspecified atom stereocenters. The quantitative estimate of drug-likeness (QED) is 0.804. The van der Waals surface area contributed by atoms with Crippen LogP contribution < -0.4 is 10.6 Å². The van der Waals surface area contributed by atoms with Crippen molar-refractivity contribution in [3.63, 3.8) is 0 Å². The van der Waals surface area contributed by atoms with Crippen molar-refractivity contribution in [1.29, 1.82) is 0 Å². The molecule has 0 aliphatic carbocycles. The highest BCUT2D eigenvalue weighted by molar-refractivity contribution is 7.90. The Kier molecular flexibility index (Phi) is 6.14. The number of anilines is 1. The lowest BCUT2D eigenvalue weighted by Gasteiger charge is -2.16. The molecule has 0 aliphatic rings. The zero-order valence-corrected chi connectivity index (χ0v) is 13.3. The van der Waals surface area contributed by atoms with Gasteiger partial charge in [-0.1, -0.05) is 13.0 Å². The van der Waals surface area contributed by atoms with Gasteiger partial charge in [0.05, 0.1) is 17.0 Å². The first kappa shape index (κ1) is 17.4. The maximum absolute atomic E-state index is 13.8. The summed E-state index contributed by atoms with van der Waals surface area (Å²) in [5.41, 5.74) is 0.312. The molecular weight excluding hydrogens is 295 g/mol. The fraction of sp³-hybridized carbons (Fsp3) is 0.500. The zero-order chi connectivity index (χ0) is 16.0. The van der Waals surface area contributed by atoms with E-state index < -0.39 is 27.6 Å². The number of hydrogen-bond acceptors (Lipinski definition) is 4. The molecule has 0 aromatic heterocycles. The highest BCUT2D eigenvalue weighted by Gasteiger charge is 2.18. The third kappa shape index (κ3) is 5.71. The topological polar surface area (TPSA) is 75.3 Å². The normalized spacial score (nSPS) is 12.8. The molecule has 1 atom stereocenters. The average molecular weight is 316 g/mol. The van der Waals surface area contributed by atoms with Gasteiger partial charge in [0.2, 0.25) is 0 Å². The minimum absolute atomic E-state index is 0.142. The molecule has 1 aromatic rings. The van der Waals surface area contributed by atoms with E-state index in [2.05, 4.69) is 10.6 Å². The molecule has 0 saturated carbocycles. The van der Waals surface area contributed by atoms with Gasteiger partial charge >= 0.3 is 0 Å². The number of hydrogen-bond donors (Lipinski definition) is 2. The predicted molar refractivity (Wildman–Crippen MR) is 81.8 cm³/mol. The van der Waals surface area contributed by atoms with Crippen molar-refractivity contribution >= 4 is 21.4 Å². The van der Waals surface area contributed by atoms with E-state index in [-0.39, 0.29) is 17.0 Å². The van der Waals surface area contributed by atoms with Crippen LogP contribution in [-0.2, 0) is 9.84 Å². The van der Waals surface area contributed by atoms with Crippen molar-refractivity contribution in [2.75, 3.05) is 23.9 Å². The second kappa shape index (κ2) is 7.40. The summed E-state index contributed by atoms with van der Waals surface area (Å²) in [5, 5.41) is 5.45. The van der Waals surface area contributed by atoms with Crippen LogP contribution >= 0.6 is 0 Å². The minimum Gasteiger partial charge on any atom is -0.382 e. The van der Waals surface area contributed by atoms with Crippen molar-refractivity contribution in [2.45, 2.75) is 26.3 Å². The molecule has 1 rings (SSSR count). The number of amides is 1. The van der Waals surface area contributed by atoms with Crippen LogP contribution in [0.2, 0.25) is 0 Å². The molecule has 7 heteroatoms. The maximum Gasteiger partial charge on any atom is 0.253 e. The molecule has 21 heavy (non-hydrogen) atoms. The van der Waals surface area contributed by atoms with E-state index in [9.17, 15) is 17.6 Å². The fourth-order valence-electron chi connectivity index (χ4n) is 1.94. The number of sulfone groups is 1. The lowest BCUT2D eigenvalue weighted by Crippen LogP contribution is -2.37. The van der Waals surface area contributed by atoms with Gasteiger partial charge in [-0.25, -0.2) is 12.8 Å². The standard InChI is InChI=1S/C14H21FN2O3S/c1-4-8-16-13-11(6-5-7-12(13)15)14(18)17-10(2)9-21(3,19)20/h5-7,10,16H,4,8-9H2,1-3H3,(H,17,18). The summed E-state index contributed by atoms with van der Waals surface area (Å²) in [6.07, 6.45) is 1.89. The van der Waals surface area contributed by atoms with E-state index in [4.69, 9.17) is 0 Å². The Morgan fingerprint density at radius 2 is 2.05 bits per heavy atom. The number of carbonyl (C=O) groups is 1. The summed E-state index contributed by atoms with van der Waals surface area (Å²) in [6.45, 7) is 4.07. The first-order valence-corrected chi connectivity index (χ1v) is 8.81. The Labute approximate surface area is 124 Å². The van der Waals surface area contributed by atoms with Crippen LogP contribution in [0.5, 0.6) is 0 Å². The van der Waals surface area contributed by atoms with Crippen molar-refractivity contribution in [3.8, 4) is 0 Å². The molecule has 0 saturated heterocycles. The lowest BCUT2D eigenvalue weighted by atomic mass is 10.1. The third-order valence-corrected chi connectivity index (χ3v) is 3.85. The molecule has 118 valence electrons. The van der Waals surface area contributed by atoms with Crippen molar-refractivity contribution in [2.24, 2.45) is 0 Å². The number of rotatable bonds is 7. The van der Waals surface area contributed by atoms with Gasteiger partial charge in [0.1, 0.15) is 15.7 Å². The van der Waals surface area contributed by atoms with Crippen molar-refractivity contribution < 1.29 is 17.6 Å². The van der Waals surface area contributed by atoms with Gasteiger partial charge in [-0.15, -0.1) is 0 Å². The fourth-order valence-corrected chi connectivity index (χ4v) is 2.93. The molecule has 5 nitrogen and oxygen atoms in total. The Morgan fingerprint density at radius 1 is 1.38 bits per heavy atom. The number of benzene rings is 1. The van der Waals surface area contributed by atoms with Gasteiger partial charge in [-0.2, -0.15) is 0 Å². The molecular formula is C14H21FN2O3S. The number of carbonyl (C=O) groups excluding carboxylic acids is 1. The summed E-state index contributed by atoms with van der Waals surface area (Å²) in [4.78, 5) is 12.2. The first-order valence-electron chi connectivity index (χ1n) is 6.75. The van der Waals surface area contributed by atoms with Gasteiger partial charge in [0, 0.05) is 18.8 Å². The molecule has 1 amide bonds. The zero-order valence-electron chi connectivity index (χ0n) is 12.4. The molecule has 0 aliphatic heterocycles. The Hall–Kier alpha value is -1.63. The summed E-state index contributed by atoms with van der Waals surface area (Å²) in [6, 6.07) is 3.68. The lowest BCUT2D eigenvalue weighted by molar-refractivity contribution is 0.0944. The van der Waals surface area contributed by atoms with Crippen LogP contribution in [0.4, 0.5) is 10.1 Å². The van der Waals surface area contributed by atoms with Crippen molar-refractivity contribution in [1.82, 2.24) is 5.32 Å². The second-order valence-electron chi connectivity index (χ2n) is 5.06. The SMILES string of the molecule is CCCNc1c(F)cccc1C(=O)NC(C)CS(C)(=O)=O. The number of para-hydroxylation sites is 1. The minimum atomic E-state index is -3.19. The largest absolute Gasteiger partial charge is 0.382 e. The number of halogens is 1. The smallest absolute Gasteiger partial charge is 0.253 e. The predicted octanol–water partition coefficient (Wildman–Crippen LogP) is 1.81. The van der Waals surface area contributed by atoms with Gasteiger partial charge < -0.3 is 10.6 Å². The van der Waals surface area contributed by atoms with E-state index in [1.165, 1.54) is 18.2 Å². The highest BCUT2D eigenvalue weighted by atomic mass is 32.2. The van der Waals surface area contributed by atoms with E-state index >= 15 is 0 Å². The van der Waals surface area contributed by atoms with Crippen molar-refractivity contribution in [3.05, 3.63) is 29.6 Å².